The Hall–Kier alpha value is -2.94. The van der Waals surface area contributed by atoms with Gasteiger partial charge in [0.15, 0.2) is 0 Å². The molecule has 0 unspecified atom stereocenters. The maximum atomic E-state index is 12.2. The van der Waals surface area contributed by atoms with Crippen molar-refractivity contribution < 1.29 is 4.79 Å². The highest BCUT2D eigenvalue weighted by molar-refractivity contribution is 5.90. The summed E-state index contributed by atoms with van der Waals surface area (Å²) in [5.74, 6) is -0.364. The van der Waals surface area contributed by atoms with Gasteiger partial charge in [-0.3, -0.25) is 9.59 Å². The Balaban J connectivity index is 2.26. The summed E-state index contributed by atoms with van der Waals surface area (Å²) in [5.41, 5.74) is 3.32. The Bertz CT molecular complexity index is 855. The zero-order chi connectivity index (χ0) is 17.1. The van der Waals surface area contributed by atoms with Crippen molar-refractivity contribution in [3.8, 4) is 6.07 Å². The van der Waals surface area contributed by atoms with E-state index < -0.39 is 5.56 Å². The van der Waals surface area contributed by atoms with Crippen molar-refractivity contribution in [3.05, 3.63) is 56.5 Å². The average Bonchev–Trinajstić information content (AvgIpc) is 2.44. The fourth-order valence-electron chi connectivity index (χ4n) is 2.39. The van der Waals surface area contributed by atoms with Gasteiger partial charge in [-0.1, -0.05) is 6.07 Å². The Morgan fingerprint density at radius 2 is 1.83 bits per heavy atom. The van der Waals surface area contributed by atoms with Gasteiger partial charge < -0.3 is 5.32 Å². The Morgan fingerprint density at radius 1 is 1.22 bits per heavy atom. The number of aromatic nitrogens is 2. The first-order valence-corrected chi connectivity index (χ1v) is 7.18. The predicted octanol–water partition coefficient (Wildman–Crippen LogP) is 1.99. The molecule has 2 aromatic rings. The fraction of sp³-hybridized carbons (Fsp3) is 0.294. The van der Waals surface area contributed by atoms with Crippen LogP contribution in [0.25, 0.3) is 0 Å². The van der Waals surface area contributed by atoms with E-state index in [2.05, 4.69) is 10.4 Å². The number of hydrogen-bond acceptors (Lipinski definition) is 4. The van der Waals surface area contributed by atoms with Crippen LogP contribution in [0.15, 0.2) is 23.0 Å². The van der Waals surface area contributed by atoms with Crippen LogP contribution in [0.5, 0.6) is 0 Å². The second-order valence-electron chi connectivity index (χ2n) is 5.58. The molecule has 1 N–H and O–H groups in total. The molecular formula is C17H18N4O2. The number of carbonyl (C=O) groups excluding carboxylic acids is 1. The lowest BCUT2D eigenvalue weighted by Gasteiger charge is -2.10. The molecule has 0 saturated heterocycles. The van der Waals surface area contributed by atoms with Gasteiger partial charge in [-0.2, -0.15) is 10.4 Å². The molecule has 0 atom stereocenters. The van der Waals surface area contributed by atoms with Crippen molar-refractivity contribution in [2.24, 2.45) is 0 Å². The second-order valence-corrected chi connectivity index (χ2v) is 5.58. The van der Waals surface area contributed by atoms with Crippen LogP contribution < -0.4 is 10.9 Å². The third kappa shape index (κ3) is 3.64. The van der Waals surface area contributed by atoms with Crippen LogP contribution in [-0.4, -0.2) is 15.7 Å². The van der Waals surface area contributed by atoms with Crippen LogP contribution in [0, 0.1) is 39.0 Å². The van der Waals surface area contributed by atoms with Crippen LogP contribution in [0.1, 0.15) is 27.9 Å². The quantitative estimate of drug-likeness (QED) is 0.939. The summed E-state index contributed by atoms with van der Waals surface area (Å²) in [6.07, 6.45) is 0. The van der Waals surface area contributed by atoms with Crippen LogP contribution in [-0.2, 0) is 11.3 Å². The minimum absolute atomic E-state index is 0.0247. The van der Waals surface area contributed by atoms with Gasteiger partial charge in [0.1, 0.15) is 18.2 Å². The molecule has 6 heteroatoms. The number of nitrogens with one attached hydrogen (secondary N) is 1. The maximum Gasteiger partial charge on any atom is 0.285 e. The first-order chi connectivity index (χ1) is 10.8. The van der Waals surface area contributed by atoms with Gasteiger partial charge in [-0.25, -0.2) is 4.68 Å². The molecule has 0 fully saturated rings. The molecule has 23 heavy (non-hydrogen) atoms. The van der Waals surface area contributed by atoms with Gasteiger partial charge in [0.25, 0.3) is 5.56 Å². The fourth-order valence-corrected chi connectivity index (χ4v) is 2.39. The molecule has 0 aliphatic carbocycles. The van der Waals surface area contributed by atoms with Crippen LogP contribution in [0.2, 0.25) is 0 Å². The van der Waals surface area contributed by atoms with Gasteiger partial charge in [0, 0.05) is 5.69 Å². The average molecular weight is 310 g/mol. The van der Waals surface area contributed by atoms with E-state index in [9.17, 15) is 9.59 Å². The molecule has 1 aromatic heterocycles. The van der Waals surface area contributed by atoms with E-state index in [1.165, 1.54) is 0 Å². The zero-order valence-corrected chi connectivity index (χ0v) is 13.6. The summed E-state index contributed by atoms with van der Waals surface area (Å²) in [5, 5.41) is 15.9. The van der Waals surface area contributed by atoms with Gasteiger partial charge >= 0.3 is 0 Å². The molecule has 0 bridgehead atoms. The van der Waals surface area contributed by atoms with E-state index in [0.29, 0.717) is 16.9 Å². The maximum absolute atomic E-state index is 12.2. The highest BCUT2D eigenvalue weighted by Crippen LogP contribution is 2.13. The zero-order valence-electron chi connectivity index (χ0n) is 13.6. The summed E-state index contributed by atoms with van der Waals surface area (Å²) in [4.78, 5) is 24.3. The summed E-state index contributed by atoms with van der Waals surface area (Å²) in [6, 6.07) is 7.58. The molecular weight excluding hydrogens is 292 g/mol. The van der Waals surface area contributed by atoms with Crippen molar-refractivity contribution in [1.82, 2.24) is 9.78 Å². The number of carbonyl (C=O) groups is 1. The number of anilines is 1. The third-order valence-corrected chi connectivity index (χ3v) is 3.55. The van der Waals surface area contributed by atoms with Crippen LogP contribution in [0.4, 0.5) is 5.69 Å². The molecule has 0 radical (unpaired) electrons. The van der Waals surface area contributed by atoms with Crippen molar-refractivity contribution in [2.45, 2.75) is 34.2 Å². The van der Waals surface area contributed by atoms with Crippen molar-refractivity contribution in [3.63, 3.8) is 0 Å². The lowest BCUT2D eigenvalue weighted by molar-refractivity contribution is -0.117. The monoisotopic (exact) mass is 310 g/mol. The number of aryl methyl sites for hydroxylation is 3. The van der Waals surface area contributed by atoms with Gasteiger partial charge in [0.2, 0.25) is 5.91 Å². The largest absolute Gasteiger partial charge is 0.324 e. The van der Waals surface area contributed by atoms with E-state index in [1.807, 2.05) is 38.1 Å². The summed E-state index contributed by atoms with van der Waals surface area (Å²) < 4.78 is 1.03. The van der Waals surface area contributed by atoms with E-state index in [1.54, 1.807) is 13.8 Å². The number of rotatable bonds is 3. The SMILES string of the molecule is Cc1cc(C)cc(NC(=O)Cn2nc(C)c(C)c(C#N)c2=O)c1. The minimum atomic E-state index is -0.550. The Morgan fingerprint density at radius 3 is 2.39 bits per heavy atom. The van der Waals surface area contributed by atoms with E-state index >= 15 is 0 Å². The molecule has 118 valence electrons. The number of benzene rings is 1. The topological polar surface area (TPSA) is 87.8 Å². The molecule has 6 nitrogen and oxygen atoms in total. The first kappa shape index (κ1) is 16.4. The van der Waals surface area contributed by atoms with Crippen LogP contribution >= 0.6 is 0 Å². The third-order valence-electron chi connectivity index (χ3n) is 3.55. The number of nitrogens with zero attached hydrogens (tertiary/aromatic N) is 3. The minimum Gasteiger partial charge on any atom is -0.324 e. The molecule has 0 aliphatic heterocycles. The molecule has 1 aromatic carbocycles. The van der Waals surface area contributed by atoms with E-state index in [-0.39, 0.29) is 18.0 Å². The molecule has 2 rings (SSSR count). The molecule has 0 saturated carbocycles. The van der Waals surface area contributed by atoms with Crippen molar-refractivity contribution in [1.29, 1.82) is 5.26 Å². The van der Waals surface area contributed by atoms with Gasteiger partial charge in [0.05, 0.1) is 5.69 Å². The number of hydrogen-bond donors (Lipinski definition) is 1. The van der Waals surface area contributed by atoms with Crippen molar-refractivity contribution in [2.75, 3.05) is 5.32 Å². The van der Waals surface area contributed by atoms with Gasteiger partial charge in [-0.15, -0.1) is 0 Å². The molecule has 1 heterocycles. The molecule has 1 amide bonds. The number of amides is 1. The lowest BCUT2D eigenvalue weighted by Crippen LogP contribution is -2.32. The van der Waals surface area contributed by atoms with Crippen molar-refractivity contribution >= 4 is 11.6 Å². The normalized spacial score (nSPS) is 10.2. The second kappa shape index (κ2) is 6.44. The molecule has 0 spiro atoms. The Kier molecular flexibility index (Phi) is 4.60. The smallest absolute Gasteiger partial charge is 0.285 e. The lowest BCUT2D eigenvalue weighted by atomic mass is 10.1. The van der Waals surface area contributed by atoms with Gasteiger partial charge in [-0.05, 0) is 56.5 Å². The Labute approximate surface area is 134 Å². The van der Waals surface area contributed by atoms with E-state index in [0.717, 1.165) is 15.8 Å². The number of nitriles is 1. The highest BCUT2D eigenvalue weighted by atomic mass is 16.2. The summed E-state index contributed by atoms with van der Waals surface area (Å²) in [7, 11) is 0. The standard InChI is InChI=1S/C17H18N4O2/c1-10-5-11(2)7-14(6-10)19-16(22)9-21-17(23)15(8-18)12(3)13(4)20-21/h5-7H,9H2,1-4H3,(H,19,22). The summed E-state index contributed by atoms with van der Waals surface area (Å²) >= 11 is 0. The highest BCUT2D eigenvalue weighted by Gasteiger charge is 2.14. The van der Waals surface area contributed by atoms with E-state index in [4.69, 9.17) is 5.26 Å². The van der Waals surface area contributed by atoms with Crippen LogP contribution in [0.3, 0.4) is 0 Å². The summed E-state index contributed by atoms with van der Waals surface area (Å²) in [6.45, 7) is 7.02. The molecule has 0 aliphatic rings. The predicted molar refractivity (Wildman–Crippen MR) is 87.2 cm³/mol. The first-order valence-electron chi connectivity index (χ1n) is 7.18.